The van der Waals surface area contributed by atoms with Gasteiger partial charge in [-0.3, -0.25) is 4.79 Å². The molecule has 1 rings (SSSR count). The molecule has 1 saturated carbocycles. The predicted molar refractivity (Wildman–Crippen MR) is 49.8 cm³/mol. The van der Waals surface area contributed by atoms with E-state index in [1.807, 2.05) is 0 Å². The van der Waals surface area contributed by atoms with Gasteiger partial charge < -0.3 is 5.73 Å². The Hall–Kier alpha value is -0.370. The Morgan fingerprint density at radius 3 is 2.83 bits per heavy atom. The molecule has 0 amide bonds. The first-order valence-corrected chi connectivity index (χ1v) is 4.96. The van der Waals surface area contributed by atoms with Gasteiger partial charge in [0.1, 0.15) is 5.78 Å². The maximum atomic E-state index is 11.5. The maximum absolute atomic E-state index is 11.5. The third-order valence-electron chi connectivity index (χ3n) is 2.78. The highest BCUT2D eigenvalue weighted by molar-refractivity contribution is 5.81. The van der Waals surface area contributed by atoms with E-state index >= 15 is 0 Å². The summed E-state index contributed by atoms with van der Waals surface area (Å²) in [6.45, 7) is 2.76. The van der Waals surface area contributed by atoms with Crippen molar-refractivity contribution in [3.63, 3.8) is 0 Å². The van der Waals surface area contributed by atoms with Gasteiger partial charge in [0.2, 0.25) is 0 Å². The van der Waals surface area contributed by atoms with Crippen LogP contribution in [0.2, 0.25) is 0 Å². The first-order valence-electron chi connectivity index (χ1n) is 4.96. The van der Waals surface area contributed by atoms with Crippen LogP contribution in [0.15, 0.2) is 0 Å². The number of carbonyl (C=O) groups excluding carboxylic acids is 1. The van der Waals surface area contributed by atoms with Crippen molar-refractivity contribution in [3.8, 4) is 0 Å². The molecule has 2 heteroatoms. The molecule has 0 spiro atoms. The summed E-state index contributed by atoms with van der Waals surface area (Å²) >= 11 is 0. The minimum atomic E-state index is 0.331. The molecule has 0 aromatic heterocycles. The summed E-state index contributed by atoms with van der Waals surface area (Å²) in [5, 5.41) is 0. The summed E-state index contributed by atoms with van der Waals surface area (Å²) in [6.07, 6.45) is 5.30. The molecule has 0 aromatic carbocycles. The highest BCUT2D eigenvalue weighted by Gasteiger charge is 2.23. The van der Waals surface area contributed by atoms with Crippen LogP contribution in [-0.4, -0.2) is 12.3 Å². The lowest BCUT2D eigenvalue weighted by Crippen LogP contribution is -2.23. The second-order valence-corrected chi connectivity index (χ2v) is 3.97. The summed E-state index contributed by atoms with van der Waals surface area (Å²) in [6, 6.07) is 0. The highest BCUT2D eigenvalue weighted by atomic mass is 16.1. The van der Waals surface area contributed by atoms with Crippen LogP contribution in [0.5, 0.6) is 0 Å². The third-order valence-corrected chi connectivity index (χ3v) is 2.78. The van der Waals surface area contributed by atoms with Crippen LogP contribution >= 0.6 is 0 Å². The molecule has 0 aromatic rings. The molecule has 0 saturated heterocycles. The Morgan fingerprint density at radius 1 is 1.50 bits per heavy atom. The fraction of sp³-hybridized carbons (Fsp3) is 0.900. The van der Waals surface area contributed by atoms with E-state index < -0.39 is 0 Å². The van der Waals surface area contributed by atoms with Crippen molar-refractivity contribution in [1.29, 1.82) is 0 Å². The Morgan fingerprint density at radius 2 is 2.25 bits per heavy atom. The molecule has 1 aliphatic rings. The molecule has 2 nitrogen and oxygen atoms in total. The fourth-order valence-electron chi connectivity index (χ4n) is 2.07. The quantitative estimate of drug-likeness (QED) is 0.699. The number of ketones is 1. The van der Waals surface area contributed by atoms with Gasteiger partial charge in [-0.15, -0.1) is 0 Å². The van der Waals surface area contributed by atoms with Crippen LogP contribution in [0, 0.1) is 11.8 Å². The fourth-order valence-corrected chi connectivity index (χ4v) is 2.07. The van der Waals surface area contributed by atoms with E-state index in [1.54, 1.807) is 0 Å². The Labute approximate surface area is 74.5 Å². The molecule has 2 unspecified atom stereocenters. The second kappa shape index (κ2) is 4.61. The smallest absolute Gasteiger partial charge is 0.137 e. The maximum Gasteiger partial charge on any atom is 0.137 e. The number of rotatable bonds is 3. The number of hydrogen-bond donors (Lipinski definition) is 1. The molecule has 12 heavy (non-hydrogen) atoms. The SMILES string of the molecule is CC1CCCC(C(=O)CCN)C1. The van der Waals surface area contributed by atoms with E-state index in [-0.39, 0.29) is 0 Å². The normalized spacial score (nSPS) is 30.2. The van der Waals surface area contributed by atoms with E-state index in [9.17, 15) is 4.79 Å². The van der Waals surface area contributed by atoms with Crippen molar-refractivity contribution in [2.45, 2.75) is 39.0 Å². The van der Waals surface area contributed by atoms with Gasteiger partial charge in [0.25, 0.3) is 0 Å². The Balaban J connectivity index is 2.35. The van der Waals surface area contributed by atoms with Crippen LogP contribution in [-0.2, 0) is 4.79 Å². The van der Waals surface area contributed by atoms with E-state index in [0.717, 1.165) is 18.8 Å². The summed E-state index contributed by atoms with van der Waals surface area (Å²) in [7, 11) is 0. The predicted octanol–water partition coefficient (Wildman–Crippen LogP) is 1.73. The monoisotopic (exact) mass is 169 g/mol. The van der Waals surface area contributed by atoms with Crippen molar-refractivity contribution in [2.75, 3.05) is 6.54 Å². The molecule has 1 fully saturated rings. The van der Waals surface area contributed by atoms with Crippen molar-refractivity contribution >= 4 is 5.78 Å². The summed E-state index contributed by atoms with van der Waals surface area (Å²) in [5.74, 6) is 1.46. The van der Waals surface area contributed by atoms with Crippen LogP contribution in [0.1, 0.15) is 39.0 Å². The van der Waals surface area contributed by atoms with Crippen molar-refractivity contribution in [1.82, 2.24) is 0 Å². The lowest BCUT2D eigenvalue weighted by atomic mass is 9.79. The van der Waals surface area contributed by atoms with E-state index in [4.69, 9.17) is 5.73 Å². The number of hydrogen-bond acceptors (Lipinski definition) is 2. The standard InChI is InChI=1S/C10H19NO/c1-8-3-2-4-9(7-8)10(12)5-6-11/h8-9H,2-7,11H2,1H3. The minimum absolute atomic E-state index is 0.331. The molecule has 2 atom stereocenters. The molecule has 70 valence electrons. The molecule has 2 N–H and O–H groups in total. The first-order chi connectivity index (χ1) is 5.74. The second-order valence-electron chi connectivity index (χ2n) is 3.97. The third kappa shape index (κ3) is 2.59. The van der Waals surface area contributed by atoms with Gasteiger partial charge in [0.15, 0.2) is 0 Å². The average molecular weight is 169 g/mol. The van der Waals surface area contributed by atoms with Gasteiger partial charge in [-0.1, -0.05) is 19.8 Å². The summed E-state index contributed by atoms with van der Waals surface area (Å²) in [5.41, 5.74) is 5.35. The molecule has 1 aliphatic carbocycles. The van der Waals surface area contributed by atoms with Crippen LogP contribution in [0.4, 0.5) is 0 Å². The van der Waals surface area contributed by atoms with Crippen molar-refractivity contribution in [2.24, 2.45) is 17.6 Å². The van der Waals surface area contributed by atoms with Crippen LogP contribution < -0.4 is 5.73 Å². The molecule has 0 radical (unpaired) electrons. The van der Waals surface area contributed by atoms with E-state index in [2.05, 4.69) is 6.92 Å². The van der Waals surface area contributed by atoms with E-state index in [1.165, 1.54) is 12.8 Å². The van der Waals surface area contributed by atoms with Crippen molar-refractivity contribution < 1.29 is 4.79 Å². The largest absolute Gasteiger partial charge is 0.330 e. The number of Topliss-reactive ketones (excluding diaryl/α,β-unsaturated/α-hetero) is 1. The topological polar surface area (TPSA) is 43.1 Å². The van der Waals surface area contributed by atoms with Crippen molar-refractivity contribution in [3.05, 3.63) is 0 Å². The molecule has 0 bridgehead atoms. The lowest BCUT2D eigenvalue weighted by molar-refractivity contribution is -0.124. The van der Waals surface area contributed by atoms with Gasteiger partial charge in [0, 0.05) is 12.3 Å². The van der Waals surface area contributed by atoms with Crippen LogP contribution in [0.3, 0.4) is 0 Å². The van der Waals surface area contributed by atoms with E-state index in [0.29, 0.717) is 24.7 Å². The molecular weight excluding hydrogens is 150 g/mol. The zero-order chi connectivity index (χ0) is 8.97. The summed E-state index contributed by atoms with van der Waals surface area (Å²) < 4.78 is 0. The number of nitrogens with two attached hydrogens (primary N) is 1. The average Bonchev–Trinajstić information content (AvgIpc) is 2.05. The Bertz CT molecular complexity index is 156. The van der Waals surface area contributed by atoms with Gasteiger partial charge in [-0.2, -0.15) is 0 Å². The van der Waals surface area contributed by atoms with Gasteiger partial charge in [0.05, 0.1) is 0 Å². The molecule has 0 heterocycles. The summed E-state index contributed by atoms with van der Waals surface area (Å²) in [4.78, 5) is 11.5. The molecule has 0 aliphatic heterocycles. The Kier molecular flexibility index (Phi) is 3.73. The minimum Gasteiger partial charge on any atom is -0.330 e. The molecular formula is C10H19NO. The van der Waals surface area contributed by atoms with Gasteiger partial charge >= 0.3 is 0 Å². The van der Waals surface area contributed by atoms with Crippen LogP contribution in [0.25, 0.3) is 0 Å². The van der Waals surface area contributed by atoms with Gasteiger partial charge in [-0.05, 0) is 25.3 Å². The lowest BCUT2D eigenvalue weighted by Gasteiger charge is -2.25. The highest BCUT2D eigenvalue weighted by Crippen LogP contribution is 2.29. The first kappa shape index (κ1) is 9.72. The number of carbonyl (C=O) groups is 1. The van der Waals surface area contributed by atoms with Gasteiger partial charge in [-0.25, -0.2) is 0 Å². The zero-order valence-electron chi connectivity index (χ0n) is 7.88. The zero-order valence-corrected chi connectivity index (χ0v) is 7.88.